The Morgan fingerprint density at radius 3 is 2.87 bits per heavy atom. The summed E-state index contributed by atoms with van der Waals surface area (Å²) in [5.41, 5.74) is 1.69. The SMILES string of the molecule is CC(O)c1ccc2nc(C3CC3)sc2n1. The molecule has 0 radical (unpaired) electrons. The van der Waals surface area contributed by atoms with Crippen LogP contribution in [0.1, 0.15) is 42.5 Å². The molecule has 0 bridgehead atoms. The fourth-order valence-corrected chi connectivity index (χ4v) is 2.70. The quantitative estimate of drug-likeness (QED) is 0.846. The topological polar surface area (TPSA) is 46.0 Å². The van der Waals surface area contributed by atoms with Gasteiger partial charge in [-0.05, 0) is 31.9 Å². The molecule has 15 heavy (non-hydrogen) atoms. The van der Waals surface area contributed by atoms with E-state index in [2.05, 4.69) is 9.97 Å². The van der Waals surface area contributed by atoms with E-state index in [1.807, 2.05) is 12.1 Å². The van der Waals surface area contributed by atoms with Gasteiger partial charge in [0.15, 0.2) is 0 Å². The minimum atomic E-state index is -0.499. The molecule has 3 rings (SSSR count). The molecule has 0 spiro atoms. The zero-order chi connectivity index (χ0) is 10.4. The second-order valence-corrected chi connectivity index (χ2v) is 5.07. The van der Waals surface area contributed by atoms with Crippen LogP contribution < -0.4 is 0 Å². The Hall–Kier alpha value is -1.00. The van der Waals surface area contributed by atoms with Crippen molar-refractivity contribution in [2.24, 2.45) is 0 Å². The van der Waals surface area contributed by atoms with Crippen LogP contribution in [-0.2, 0) is 0 Å². The summed E-state index contributed by atoms with van der Waals surface area (Å²) in [4.78, 5) is 9.92. The summed E-state index contributed by atoms with van der Waals surface area (Å²) in [7, 11) is 0. The summed E-state index contributed by atoms with van der Waals surface area (Å²) in [5.74, 6) is 0.680. The van der Waals surface area contributed by atoms with Crippen molar-refractivity contribution in [2.75, 3.05) is 0 Å². The fraction of sp³-hybridized carbons (Fsp3) is 0.455. The number of hydrogen-bond acceptors (Lipinski definition) is 4. The van der Waals surface area contributed by atoms with Crippen molar-refractivity contribution in [3.8, 4) is 0 Å². The second-order valence-electron chi connectivity index (χ2n) is 4.06. The average Bonchev–Trinajstić information content (AvgIpc) is 2.97. The maximum atomic E-state index is 9.43. The van der Waals surface area contributed by atoms with Gasteiger partial charge >= 0.3 is 0 Å². The van der Waals surface area contributed by atoms with Crippen molar-refractivity contribution < 1.29 is 5.11 Å². The fourth-order valence-electron chi connectivity index (χ4n) is 1.59. The van der Waals surface area contributed by atoms with Crippen LogP contribution in [0.3, 0.4) is 0 Å². The van der Waals surface area contributed by atoms with Gasteiger partial charge in [-0.3, -0.25) is 0 Å². The minimum absolute atomic E-state index is 0.499. The lowest BCUT2D eigenvalue weighted by atomic mass is 10.2. The van der Waals surface area contributed by atoms with Gasteiger partial charge in [0.05, 0.1) is 16.8 Å². The zero-order valence-corrected chi connectivity index (χ0v) is 9.29. The lowest BCUT2D eigenvalue weighted by molar-refractivity contribution is 0.195. The van der Waals surface area contributed by atoms with Crippen LogP contribution in [0.5, 0.6) is 0 Å². The van der Waals surface area contributed by atoms with Crippen LogP contribution in [0.4, 0.5) is 0 Å². The van der Waals surface area contributed by atoms with E-state index in [1.165, 1.54) is 17.8 Å². The van der Waals surface area contributed by atoms with Gasteiger partial charge in [-0.2, -0.15) is 0 Å². The Bertz CT molecular complexity index is 502. The minimum Gasteiger partial charge on any atom is -0.387 e. The standard InChI is InChI=1S/C11H12N2OS/c1-6(14)8-4-5-9-11(12-8)15-10(13-9)7-2-3-7/h4-7,14H,2-3H2,1H3. The third-order valence-corrected chi connectivity index (χ3v) is 3.78. The predicted octanol–water partition coefficient (Wildman–Crippen LogP) is 2.62. The van der Waals surface area contributed by atoms with E-state index in [9.17, 15) is 5.11 Å². The van der Waals surface area contributed by atoms with Gasteiger partial charge in [0.2, 0.25) is 0 Å². The molecule has 1 N–H and O–H groups in total. The lowest BCUT2D eigenvalue weighted by Crippen LogP contribution is -1.93. The van der Waals surface area contributed by atoms with E-state index in [1.54, 1.807) is 18.3 Å². The van der Waals surface area contributed by atoms with Gasteiger partial charge in [0, 0.05) is 5.92 Å². The molecule has 3 nitrogen and oxygen atoms in total. The van der Waals surface area contributed by atoms with Gasteiger partial charge in [-0.15, -0.1) is 0 Å². The van der Waals surface area contributed by atoms with Gasteiger partial charge in [0.1, 0.15) is 10.3 Å². The summed E-state index contributed by atoms with van der Waals surface area (Å²) in [6, 6.07) is 3.80. The van der Waals surface area contributed by atoms with E-state index < -0.39 is 6.10 Å². The van der Waals surface area contributed by atoms with Crippen LogP contribution >= 0.6 is 11.3 Å². The number of rotatable bonds is 2. The van der Waals surface area contributed by atoms with Gasteiger partial charge in [0.25, 0.3) is 0 Å². The van der Waals surface area contributed by atoms with Crippen molar-refractivity contribution in [2.45, 2.75) is 31.8 Å². The van der Waals surface area contributed by atoms with E-state index in [-0.39, 0.29) is 0 Å². The first-order chi connectivity index (χ1) is 7.24. The van der Waals surface area contributed by atoms with E-state index in [0.29, 0.717) is 5.92 Å². The van der Waals surface area contributed by atoms with E-state index >= 15 is 0 Å². The molecule has 0 aliphatic heterocycles. The van der Waals surface area contributed by atoms with Gasteiger partial charge < -0.3 is 5.11 Å². The first-order valence-corrected chi connectivity index (χ1v) is 6.01. The Kier molecular flexibility index (Phi) is 2.00. The van der Waals surface area contributed by atoms with Crippen molar-refractivity contribution in [1.82, 2.24) is 9.97 Å². The highest BCUT2D eigenvalue weighted by atomic mass is 32.1. The molecule has 1 aliphatic carbocycles. The van der Waals surface area contributed by atoms with E-state index in [0.717, 1.165) is 16.0 Å². The van der Waals surface area contributed by atoms with Crippen molar-refractivity contribution in [3.63, 3.8) is 0 Å². The van der Waals surface area contributed by atoms with Crippen molar-refractivity contribution in [1.29, 1.82) is 0 Å². The van der Waals surface area contributed by atoms with Gasteiger partial charge in [-0.25, -0.2) is 9.97 Å². The summed E-state index contributed by atoms with van der Waals surface area (Å²) < 4.78 is 0. The third-order valence-electron chi connectivity index (χ3n) is 2.65. The summed E-state index contributed by atoms with van der Waals surface area (Å²) in [6.07, 6.45) is 2.03. The highest BCUT2D eigenvalue weighted by molar-refractivity contribution is 7.18. The first kappa shape index (κ1) is 9.24. The molecule has 1 unspecified atom stereocenters. The number of aromatic nitrogens is 2. The molecular weight excluding hydrogens is 208 g/mol. The van der Waals surface area contributed by atoms with Crippen LogP contribution in [0.2, 0.25) is 0 Å². The number of aliphatic hydroxyl groups is 1. The number of pyridine rings is 1. The maximum Gasteiger partial charge on any atom is 0.143 e. The predicted molar refractivity (Wildman–Crippen MR) is 60.0 cm³/mol. The lowest BCUT2D eigenvalue weighted by Gasteiger charge is -2.01. The van der Waals surface area contributed by atoms with Crippen molar-refractivity contribution >= 4 is 21.7 Å². The molecule has 0 amide bonds. The Balaban J connectivity index is 2.09. The molecule has 0 saturated heterocycles. The number of thiazole rings is 1. The molecule has 2 aromatic rings. The van der Waals surface area contributed by atoms with Gasteiger partial charge in [-0.1, -0.05) is 11.3 Å². The molecule has 4 heteroatoms. The second kappa shape index (κ2) is 3.25. The maximum absolute atomic E-state index is 9.43. The van der Waals surface area contributed by atoms with Crippen LogP contribution in [0, 0.1) is 0 Å². The highest BCUT2D eigenvalue weighted by Crippen LogP contribution is 2.42. The average molecular weight is 220 g/mol. The first-order valence-electron chi connectivity index (χ1n) is 5.19. The molecule has 78 valence electrons. The van der Waals surface area contributed by atoms with Crippen LogP contribution in [0.15, 0.2) is 12.1 Å². The highest BCUT2D eigenvalue weighted by Gasteiger charge is 2.27. The number of hydrogen-bond donors (Lipinski definition) is 1. The number of fused-ring (bicyclic) bond motifs is 1. The molecule has 0 aromatic carbocycles. The zero-order valence-electron chi connectivity index (χ0n) is 8.47. The molecule has 1 saturated carbocycles. The Morgan fingerprint density at radius 1 is 1.40 bits per heavy atom. The van der Waals surface area contributed by atoms with Crippen LogP contribution in [0.25, 0.3) is 10.3 Å². The molecule has 1 fully saturated rings. The summed E-state index contributed by atoms with van der Waals surface area (Å²) in [5, 5.41) is 10.6. The molecule has 1 aliphatic rings. The summed E-state index contributed by atoms with van der Waals surface area (Å²) >= 11 is 1.67. The largest absolute Gasteiger partial charge is 0.387 e. The van der Waals surface area contributed by atoms with E-state index in [4.69, 9.17) is 0 Å². The van der Waals surface area contributed by atoms with Crippen LogP contribution in [-0.4, -0.2) is 15.1 Å². The van der Waals surface area contributed by atoms with Crippen molar-refractivity contribution in [3.05, 3.63) is 22.8 Å². The normalized spacial score (nSPS) is 18.3. The molecular formula is C11H12N2OS. The third kappa shape index (κ3) is 1.64. The smallest absolute Gasteiger partial charge is 0.143 e. The molecule has 1 atom stereocenters. The molecule has 2 heterocycles. The molecule has 2 aromatic heterocycles. The Morgan fingerprint density at radius 2 is 2.20 bits per heavy atom. The number of nitrogens with zero attached hydrogens (tertiary/aromatic N) is 2. The summed E-state index contributed by atoms with van der Waals surface area (Å²) in [6.45, 7) is 1.73. The monoisotopic (exact) mass is 220 g/mol. The Labute approximate surface area is 91.8 Å². The number of aliphatic hydroxyl groups excluding tert-OH is 1.